The fourth-order valence-corrected chi connectivity index (χ4v) is 3.56. The summed E-state index contributed by atoms with van der Waals surface area (Å²) in [5.74, 6) is 1.17. The van der Waals surface area contributed by atoms with Crippen LogP contribution in [-0.4, -0.2) is 57.8 Å². The number of hydrogen-bond donors (Lipinski definition) is 1. The van der Waals surface area contributed by atoms with Crippen molar-refractivity contribution >= 4 is 11.6 Å². The number of piperazine rings is 1. The van der Waals surface area contributed by atoms with Gasteiger partial charge in [-0.05, 0) is 49.4 Å². The first kappa shape index (κ1) is 20.9. The lowest BCUT2D eigenvalue weighted by molar-refractivity contribution is -0.123. The minimum Gasteiger partial charge on any atom is -0.497 e. The Morgan fingerprint density at radius 3 is 2.38 bits per heavy atom. The van der Waals surface area contributed by atoms with Crippen molar-refractivity contribution in [2.75, 3.05) is 51.8 Å². The van der Waals surface area contributed by atoms with Gasteiger partial charge in [-0.25, -0.2) is 4.39 Å². The molecule has 6 nitrogen and oxygen atoms in total. The predicted octanol–water partition coefficient (Wildman–Crippen LogP) is 2.84. The molecule has 0 radical (unpaired) electrons. The molecule has 1 aliphatic rings. The van der Waals surface area contributed by atoms with Crippen LogP contribution in [0.25, 0.3) is 0 Å². The molecule has 3 rings (SSSR count). The van der Waals surface area contributed by atoms with E-state index < -0.39 is 0 Å². The van der Waals surface area contributed by atoms with Crippen LogP contribution in [-0.2, 0) is 4.79 Å². The van der Waals surface area contributed by atoms with Crippen LogP contribution in [0, 0.1) is 5.82 Å². The zero-order chi connectivity index (χ0) is 20.8. The number of ether oxygens (including phenoxy) is 2. The number of rotatable bonds is 7. The van der Waals surface area contributed by atoms with Gasteiger partial charge in [0.15, 0.2) is 0 Å². The van der Waals surface area contributed by atoms with E-state index in [2.05, 4.69) is 15.1 Å². The molecule has 1 atom stereocenters. The molecular formula is C22H28FN3O3. The highest BCUT2D eigenvalue weighted by molar-refractivity contribution is 5.78. The molecule has 2 aromatic carbocycles. The molecule has 1 fully saturated rings. The molecule has 1 saturated heterocycles. The van der Waals surface area contributed by atoms with Gasteiger partial charge in [-0.1, -0.05) is 0 Å². The Balaban J connectivity index is 1.52. The standard InChI is InChI=1S/C22H28FN3O3/c1-16(20-14-19(28-2)8-9-21(20)29-3)24-22(27)15-25-10-12-26(13-11-25)18-6-4-17(23)5-7-18/h4-9,14,16H,10-13,15H2,1-3H3,(H,24,27)/t16-/m0/s1. The lowest BCUT2D eigenvalue weighted by atomic mass is 10.1. The first-order valence-corrected chi connectivity index (χ1v) is 9.74. The second kappa shape index (κ2) is 9.60. The van der Waals surface area contributed by atoms with Gasteiger partial charge in [0.1, 0.15) is 17.3 Å². The molecule has 29 heavy (non-hydrogen) atoms. The van der Waals surface area contributed by atoms with Crippen LogP contribution in [0.1, 0.15) is 18.5 Å². The molecular weight excluding hydrogens is 373 g/mol. The molecule has 0 unspecified atom stereocenters. The Morgan fingerprint density at radius 2 is 1.76 bits per heavy atom. The Hall–Kier alpha value is -2.80. The lowest BCUT2D eigenvalue weighted by Crippen LogP contribution is -2.49. The van der Waals surface area contributed by atoms with E-state index in [4.69, 9.17) is 9.47 Å². The Morgan fingerprint density at radius 1 is 1.07 bits per heavy atom. The Bertz CT molecular complexity index is 821. The average Bonchev–Trinajstić information content (AvgIpc) is 2.74. The summed E-state index contributed by atoms with van der Waals surface area (Å²) < 4.78 is 23.8. The largest absolute Gasteiger partial charge is 0.497 e. The maximum atomic E-state index is 13.1. The number of amides is 1. The number of carbonyl (C=O) groups excluding carboxylic acids is 1. The van der Waals surface area contributed by atoms with E-state index in [1.54, 1.807) is 26.4 Å². The number of benzene rings is 2. The molecule has 1 heterocycles. The van der Waals surface area contributed by atoms with Crippen molar-refractivity contribution in [2.45, 2.75) is 13.0 Å². The van der Waals surface area contributed by atoms with Gasteiger partial charge in [0.2, 0.25) is 5.91 Å². The van der Waals surface area contributed by atoms with Crippen LogP contribution in [0.3, 0.4) is 0 Å². The van der Waals surface area contributed by atoms with E-state index in [0.717, 1.165) is 43.2 Å². The second-order valence-electron chi connectivity index (χ2n) is 7.14. The smallest absolute Gasteiger partial charge is 0.234 e. The van der Waals surface area contributed by atoms with Crippen LogP contribution >= 0.6 is 0 Å². The summed E-state index contributed by atoms with van der Waals surface area (Å²) in [7, 11) is 3.22. The summed E-state index contributed by atoms with van der Waals surface area (Å²) in [5, 5.41) is 3.05. The van der Waals surface area contributed by atoms with Crippen molar-refractivity contribution in [1.82, 2.24) is 10.2 Å². The van der Waals surface area contributed by atoms with E-state index in [-0.39, 0.29) is 17.8 Å². The van der Waals surface area contributed by atoms with Crippen LogP contribution in [0.15, 0.2) is 42.5 Å². The van der Waals surface area contributed by atoms with Gasteiger partial charge in [-0.3, -0.25) is 9.69 Å². The number of nitrogens with one attached hydrogen (secondary N) is 1. The van der Waals surface area contributed by atoms with Gasteiger partial charge in [0, 0.05) is 37.4 Å². The second-order valence-corrected chi connectivity index (χ2v) is 7.14. The highest BCUT2D eigenvalue weighted by atomic mass is 19.1. The van der Waals surface area contributed by atoms with Crippen LogP contribution < -0.4 is 19.7 Å². The van der Waals surface area contributed by atoms with E-state index in [1.165, 1.54) is 12.1 Å². The van der Waals surface area contributed by atoms with Gasteiger partial charge in [-0.2, -0.15) is 0 Å². The summed E-state index contributed by atoms with van der Waals surface area (Å²) >= 11 is 0. The minimum atomic E-state index is -0.231. The Labute approximate surface area is 171 Å². The summed E-state index contributed by atoms with van der Waals surface area (Å²) in [4.78, 5) is 16.9. The van der Waals surface area contributed by atoms with Crippen molar-refractivity contribution in [1.29, 1.82) is 0 Å². The molecule has 1 aliphatic heterocycles. The normalized spacial score (nSPS) is 15.7. The van der Waals surface area contributed by atoms with Crippen molar-refractivity contribution in [2.24, 2.45) is 0 Å². The lowest BCUT2D eigenvalue weighted by Gasteiger charge is -2.35. The molecule has 1 amide bonds. The quantitative estimate of drug-likeness (QED) is 0.773. The van der Waals surface area contributed by atoms with Crippen LogP contribution in [0.4, 0.5) is 10.1 Å². The minimum absolute atomic E-state index is 0.0300. The third kappa shape index (κ3) is 5.38. The molecule has 0 saturated carbocycles. The number of halogens is 1. The predicted molar refractivity (Wildman–Crippen MR) is 111 cm³/mol. The number of carbonyl (C=O) groups is 1. The zero-order valence-electron chi connectivity index (χ0n) is 17.2. The highest BCUT2D eigenvalue weighted by Gasteiger charge is 2.21. The molecule has 156 valence electrons. The summed E-state index contributed by atoms with van der Waals surface area (Å²) in [6.45, 7) is 5.44. The first-order valence-electron chi connectivity index (χ1n) is 9.74. The van der Waals surface area contributed by atoms with Crippen molar-refractivity contribution < 1.29 is 18.7 Å². The van der Waals surface area contributed by atoms with Crippen LogP contribution in [0.5, 0.6) is 11.5 Å². The number of methoxy groups -OCH3 is 2. The maximum Gasteiger partial charge on any atom is 0.234 e. The summed E-state index contributed by atoms with van der Waals surface area (Å²) in [6.07, 6.45) is 0. The monoisotopic (exact) mass is 401 g/mol. The number of nitrogens with zero attached hydrogens (tertiary/aromatic N) is 2. The SMILES string of the molecule is COc1ccc(OC)c([C@H](C)NC(=O)CN2CCN(c3ccc(F)cc3)CC2)c1. The third-order valence-corrected chi connectivity index (χ3v) is 5.21. The first-order chi connectivity index (χ1) is 14.0. The number of hydrogen-bond acceptors (Lipinski definition) is 5. The number of anilines is 1. The van der Waals surface area contributed by atoms with E-state index in [0.29, 0.717) is 12.3 Å². The molecule has 0 aromatic heterocycles. The molecule has 0 spiro atoms. The van der Waals surface area contributed by atoms with Crippen molar-refractivity contribution in [3.63, 3.8) is 0 Å². The molecule has 2 aromatic rings. The van der Waals surface area contributed by atoms with E-state index in [1.807, 2.05) is 25.1 Å². The van der Waals surface area contributed by atoms with Crippen molar-refractivity contribution in [3.05, 3.63) is 53.8 Å². The van der Waals surface area contributed by atoms with Gasteiger partial charge >= 0.3 is 0 Å². The van der Waals surface area contributed by atoms with Gasteiger partial charge in [0.25, 0.3) is 0 Å². The van der Waals surface area contributed by atoms with E-state index in [9.17, 15) is 9.18 Å². The third-order valence-electron chi connectivity index (χ3n) is 5.21. The van der Waals surface area contributed by atoms with Gasteiger partial charge in [-0.15, -0.1) is 0 Å². The van der Waals surface area contributed by atoms with Gasteiger partial charge in [0.05, 0.1) is 26.8 Å². The molecule has 1 N–H and O–H groups in total. The van der Waals surface area contributed by atoms with Crippen molar-refractivity contribution in [3.8, 4) is 11.5 Å². The summed E-state index contributed by atoms with van der Waals surface area (Å²) in [6, 6.07) is 11.9. The maximum absolute atomic E-state index is 13.1. The Kier molecular flexibility index (Phi) is 6.93. The highest BCUT2D eigenvalue weighted by Crippen LogP contribution is 2.29. The average molecular weight is 401 g/mol. The fourth-order valence-electron chi connectivity index (χ4n) is 3.56. The van der Waals surface area contributed by atoms with E-state index >= 15 is 0 Å². The topological polar surface area (TPSA) is 54.0 Å². The fraction of sp³-hybridized carbons (Fsp3) is 0.409. The molecule has 0 bridgehead atoms. The summed E-state index contributed by atoms with van der Waals surface area (Å²) in [5.41, 5.74) is 1.88. The zero-order valence-corrected chi connectivity index (χ0v) is 17.2. The van der Waals surface area contributed by atoms with Gasteiger partial charge < -0.3 is 19.7 Å². The van der Waals surface area contributed by atoms with Crippen LogP contribution in [0.2, 0.25) is 0 Å². The molecule has 7 heteroatoms. The molecule has 0 aliphatic carbocycles.